The van der Waals surface area contributed by atoms with Crippen molar-refractivity contribution >= 4 is 29.2 Å². The number of likely N-dealkylation sites (N-methyl/N-ethyl adjacent to an activating group) is 1. The number of esters is 1. The Morgan fingerprint density at radius 2 is 1.97 bits per heavy atom. The number of aliphatic hydroxyl groups is 1. The van der Waals surface area contributed by atoms with Crippen LogP contribution in [0.2, 0.25) is 10.0 Å². The number of para-hydroxylation sites is 1. The Labute approximate surface area is 208 Å². The van der Waals surface area contributed by atoms with Crippen molar-refractivity contribution in [1.29, 1.82) is 0 Å². The van der Waals surface area contributed by atoms with Crippen LogP contribution in [0.25, 0.3) is 0 Å². The Bertz CT molecular complexity index is 856. The molecule has 33 heavy (non-hydrogen) atoms. The van der Waals surface area contributed by atoms with Crippen LogP contribution in [0.15, 0.2) is 29.8 Å². The van der Waals surface area contributed by atoms with Crippen molar-refractivity contribution in [3.8, 4) is 5.75 Å². The molecule has 1 aromatic carbocycles. The fourth-order valence-corrected chi connectivity index (χ4v) is 6.15. The van der Waals surface area contributed by atoms with Crippen LogP contribution < -0.4 is 4.74 Å². The standard InChI is InChI=1S/C26H37Cl2NO4/c1-16-13-21-20(10-9-18(3)26(21,31)14-24(16)33-19(4)30)17(2)15-29(5)11-12-32-25-22(27)7-6-8-23(25)28/h6-8,13,17-18,20-21,24,31H,9-12,14-15H2,1-5H3/t17?,18-,20+,21-,24-,26-/m1/s1. The molecule has 0 aliphatic heterocycles. The van der Waals surface area contributed by atoms with E-state index in [4.69, 9.17) is 32.7 Å². The number of rotatable bonds is 8. The lowest BCUT2D eigenvalue weighted by atomic mass is 9.57. The normalized spacial score (nSPS) is 30.4. The van der Waals surface area contributed by atoms with Crippen LogP contribution in [0.1, 0.15) is 47.0 Å². The predicted octanol–water partition coefficient (Wildman–Crippen LogP) is 5.62. The summed E-state index contributed by atoms with van der Waals surface area (Å²) in [6, 6.07) is 5.34. The zero-order chi connectivity index (χ0) is 24.3. The number of fused-ring (bicyclic) bond motifs is 1. The first-order chi connectivity index (χ1) is 15.5. The number of benzene rings is 1. The summed E-state index contributed by atoms with van der Waals surface area (Å²) >= 11 is 12.4. The molecule has 0 aromatic heterocycles. The highest BCUT2D eigenvalue weighted by molar-refractivity contribution is 6.37. The molecule has 1 N–H and O–H groups in total. The molecular formula is C26H37Cl2NO4. The molecule has 0 heterocycles. The Hall–Kier alpha value is -1.27. The molecule has 0 radical (unpaired) electrons. The van der Waals surface area contributed by atoms with Gasteiger partial charge in [0.1, 0.15) is 12.7 Å². The molecule has 2 aliphatic rings. The van der Waals surface area contributed by atoms with Gasteiger partial charge in [-0.3, -0.25) is 4.79 Å². The minimum absolute atomic E-state index is 0.0645. The van der Waals surface area contributed by atoms with Gasteiger partial charge in [-0.2, -0.15) is 0 Å². The number of hydrogen-bond acceptors (Lipinski definition) is 5. The molecule has 0 spiro atoms. The average Bonchev–Trinajstić information content (AvgIpc) is 2.72. The number of nitrogens with zero attached hydrogens (tertiary/aromatic N) is 1. The second-order valence-electron chi connectivity index (χ2n) is 10.0. The highest BCUT2D eigenvalue weighted by Gasteiger charge is 2.52. The van der Waals surface area contributed by atoms with E-state index >= 15 is 0 Å². The summed E-state index contributed by atoms with van der Waals surface area (Å²) < 4.78 is 11.4. The fraction of sp³-hybridized carbons (Fsp3) is 0.654. The smallest absolute Gasteiger partial charge is 0.303 e. The molecular weight excluding hydrogens is 461 g/mol. The van der Waals surface area contributed by atoms with Gasteiger partial charge in [-0.15, -0.1) is 0 Å². The molecule has 0 saturated heterocycles. The van der Waals surface area contributed by atoms with Crippen LogP contribution in [0.3, 0.4) is 0 Å². The van der Waals surface area contributed by atoms with E-state index in [2.05, 4.69) is 31.9 Å². The number of carbonyl (C=O) groups is 1. The minimum atomic E-state index is -0.848. The molecule has 1 aromatic rings. The molecule has 5 nitrogen and oxygen atoms in total. The lowest BCUT2D eigenvalue weighted by molar-refractivity contribution is -0.159. The van der Waals surface area contributed by atoms with E-state index in [9.17, 15) is 9.90 Å². The molecule has 0 bridgehead atoms. The summed E-state index contributed by atoms with van der Waals surface area (Å²) in [6.07, 6.45) is 4.37. The average molecular weight is 498 g/mol. The van der Waals surface area contributed by atoms with E-state index in [0.29, 0.717) is 40.7 Å². The maximum atomic E-state index is 11.7. The van der Waals surface area contributed by atoms with Gasteiger partial charge in [-0.05, 0) is 62.3 Å². The summed E-state index contributed by atoms with van der Waals surface area (Å²) in [4.78, 5) is 13.8. The van der Waals surface area contributed by atoms with Gasteiger partial charge >= 0.3 is 5.97 Å². The number of carbonyl (C=O) groups excluding carboxylic acids is 1. The number of halogens is 2. The van der Waals surface area contributed by atoms with Crippen molar-refractivity contribution in [2.45, 2.75) is 58.7 Å². The van der Waals surface area contributed by atoms with Crippen molar-refractivity contribution in [3.05, 3.63) is 39.9 Å². The lowest BCUT2D eigenvalue weighted by Gasteiger charge is -2.53. The van der Waals surface area contributed by atoms with Crippen molar-refractivity contribution in [1.82, 2.24) is 4.90 Å². The molecule has 1 fully saturated rings. The van der Waals surface area contributed by atoms with Crippen molar-refractivity contribution in [2.24, 2.45) is 23.7 Å². The van der Waals surface area contributed by atoms with E-state index in [1.165, 1.54) is 6.92 Å². The molecule has 2 aliphatic carbocycles. The minimum Gasteiger partial charge on any atom is -0.489 e. The quantitative estimate of drug-likeness (QED) is 0.373. The van der Waals surface area contributed by atoms with Gasteiger partial charge in [0, 0.05) is 32.4 Å². The zero-order valence-electron chi connectivity index (χ0n) is 20.3. The Balaban J connectivity index is 1.62. The molecule has 6 atom stereocenters. The molecule has 0 amide bonds. The van der Waals surface area contributed by atoms with Gasteiger partial charge in [-0.25, -0.2) is 0 Å². The van der Waals surface area contributed by atoms with Gasteiger partial charge in [0.25, 0.3) is 0 Å². The van der Waals surface area contributed by atoms with E-state index in [0.717, 1.165) is 31.5 Å². The van der Waals surface area contributed by atoms with Crippen LogP contribution in [-0.4, -0.2) is 54.4 Å². The summed E-state index contributed by atoms with van der Waals surface area (Å²) in [7, 11) is 2.09. The highest BCUT2D eigenvalue weighted by atomic mass is 35.5. The molecule has 1 unspecified atom stereocenters. The Kier molecular flexibility index (Phi) is 8.77. The van der Waals surface area contributed by atoms with Gasteiger partial charge in [0.2, 0.25) is 0 Å². The van der Waals surface area contributed by atoms with Gasteiger partial charge in [0.05, 0.1) is 15.6 Å². The topological polar surface area (TPSA) is 59.0 Å². The zero-order valence-corrected chi connectivity index (χ0v) is 21.8. The van der Waals surface area contributed by atoms with Crippen LogP contribution in [0.4, 0.5) is 0 Å². The third kappa shape index (κ3) is 6.05. The second kappa shape index (κ2) is 11.0. The first-order valence-corrected chi connectivity index (χ1v) is 12.6. The molecule has 7 heteroatoms. The van der Waals surface area contributed by atoms with Crippen LogP contribution in [0.5, 0.6) is 5.75 Å². The maximum absolute atomic E-state index is 11.7. The van der Waals surface area contributed by atoms with Crippen LogP contribution in [-0.2, 0) is 9.53 Å². The van der Waals surface area contributed by atoms with Crippen LogP contribution >= 0.6 is 23.2 Å². The van der Waals surface area contributed by atoms with Gasteiger partial charge in [0.15, 0.2) is 5.75 Å². The van der Waals surface area contributed by atoms with E-state index < -0.39 is 5.60 Å². The van der Waals surface area contributed by atoms with E-state index in [1.54, 1.807) is 18.2 Å². The monoisotopic (exact) mass is 497 g/mol. The van der Waals surface area contributed by atoms with Crippen molar-refractivity contribution < 1.29 is 19.4 Å². The SMILES string of the molecule is CC(=O)O[C@@H]1C[C@@]2(O)[C@H](C)CC[C@@H](C(C)CN(C)CCOc3c(Cl)cccc3Cl)[C@H]2C=C1C. The predicted molar refractivity (Wildman–Crippen MR) is 133 cm³/mol. The summed E-state index contributed by atoms with van der Waals surface area (Å²) in [5.41, 5.74) is 0.198. The van der Waals surface area contributed by atoms with E-state index in [-0.39, 0.29) is 23.9 Å². The molecule has 184 valence electrons. The maximum Gasteiger partial charge on any atom is 0.303 e. The van der Waals surface area contributed by atoms with Crippen LogP contribution in [0, 0.1) is 23.7 Å². The van der Waals surface area contributed by atoms with Crippen molar-refractivity contribution in [2.75, 3.05) is 26.7 Å². The second-order valence-corrected chi connectivity index (χ2v) is 10.8. The first-order valence-electron chi connectivity index (χ1n) is 11.9. The Morgan fingerprint density at radius 1 is 1.30 bits per heavy atom. The molecule has 3 rings (SSSR count). The highest BCUT2D eigenvalue weighted by Crippen LogP contribution is 2.51. The third-order valence-corrected chi connectivity index (χ3v) is 8.16. The summed E-state index contributed by atoms with van der Waals surface area (Å²) in [6.45, 7) is 9.96. The van der Waals surface area contributed by atoms with E-state index in [1.807, 2.05) is 6.92 Å². The fourth-order valence-electron chi connectivity index (χ4n) is 5.64. The van der Waals surface area contributed by atoms with Crippen molar-refractivity contribution in [3.63, 3.8) is 0 Å². The van der Waals surface area contributed by atoms with Gasteiger partial charge in [-0.1, -0.05) is 49.2 Å². The number of ether oxygens (including phenoxy) is 2. The summed E-state index contributed by atoms with van der Waals surface area (Å²) in [5, 5.41) is 12.8. The largest absolute Gasteiger partial charge is 0.489 e. The summed E-state index contributed by atoms with van der Waals surface area (Å²) in [5.74, 6) is 1.21. The van der Waals surface area contributed by atoms with Gasteiger partial charge < -0.3 is 19.5 Å². The Morgan fingerprint density at radius 3 is 2.61 bits per heavy atom. The third-order valence-electron chi connectivity index (χ3n) is 7.56. The first kappa shape index (κ1) is 26.3. The molecule has 1 saturated carbocycles. The lowest BCUT2D eigenvalue weighted by Crippen LogP contribution is -2.56. The number of hydrogen-bond donors (Lipinski definition) is 1.